The van der Waals surface area contributed by atoms with Gasteiger partial charge in [-0.15, -0.1) is 0 Å². The molecule has 0 spiro atoms. The fourth-order valence-electron chi connectivity index (χ4n) is 2.92. The Morgan fingerprint density at radius 1 is 1.23 bits per heavy atom. The second kappa shape index (κ2) is 6.95. The van der Waals surface area contributed by atoms with Crippen molar-refractivity contribution in [2.45, 2.75) is 25.5 Å². The van der Waals surface area contributed by atoms with Gasteiger partial charge in [0, 0.05) is 11.4 Å². The molecule has 1 heterocycles. The number of nitrogens with one attached hydrogen (secondary N) is 1. The lowest BCUT2D eigenvalue weighted by molar-refractivity contribution is -0.129. The fraction of sp³-hybridized carbons (Fsp3) is 0.333. The summed E-state index contributed by atoms with van der Waals surface area (Å²) < 4.78 is 28.0. The summed E-state index contributed by atoms with van der Waals surface area (Å²) in [6.45, 7) is 1.40. The molecule has 0 radical (unpaired) electrons. The minimum absolute atomic E-state index is 0.0354. The van der Waals surface area contributed by atoms with Crippen molar-refractivity contribution in [3.05, 3.63) is 42.0 Å². The summed E-state index contributed by atoms with van der Waals surface area (Å²) in [7, 11) is -3.11. The van der Waals surface area contributed by atoms with E-state index >= 15 is 0 Å². The minimum atomic E-state index is -3.11. The topological polar surface area (TPSA) is 110 Å². The Hall–Kier alpha value is -2.61. The lowest BCUT2D eigenvalue weighted by Crippen LogP contribution is -2.42. The highest BCUT2D eigenvalue weighted by atomic mass is 32.2. The van der Waals surface area contributed by atoms with Crippen LogP contribution in [0.2, 0.25) is 0 Å². The first-order valence-corrected chi connectivity index (χ1v) is 10.0. The first-order chi connectivity index (χ1) is 12.3. The van der Waals surface area contributed by atoms with Gasteiger partial charge in [0.15, 0.2) is 15.9 Å². The Kier molecular flexibility index (Phi) is 4.86. The Balaban J connectivity index is 1.67. The van der Waals surface area contributed by atoms with Crippen LogP contribution >= 0.6 is 0 Å². The van der Waals surface area contributed by atoms with Crippen LogP contribution in [0.1, 0.15) is 23.7 Å². The molecule has 26 heavy (non-hydrogen) atoms. The van der Waals surface area contributed by atoms with E-state index in [0.29, 0.717) is 11.8 Å². The van der Waals surface area contributed by atoms with Gasteiger partial charge in [-0.2, -0.15) is 0 Å². The molecule has 1 aliphatic rings. The first kappa shape index (κ1) is 18.2. The van der Waals surface area contributed by atoms with E-state index in [9.17, 15) is 23.1 Å². The van der Waals surface area contributed by atoms with Crippen LogP contribution in [0, 0.1) is 0 Å². The molecule has 2 aromatic rings. The highest BCUT2D eigenvalue weighted by Crippen LogP contribution is 2.29. The number of rotatable bonds is 4. The number of phenols is 1. The van der Waals surface area contributed by atoms with Gasteiger partial charge in [0.25, 0.3) is 5.91 Å². The van der Waals surface area contributed by atoms with Crippen LogP contribution in [0.15, 0.2) is 36.4 Å². The standard InChI is InChI=1S/C18H19NO6S/c1-11(17(21)19-13-8-9-26(23,24)10-13)25-18(22)15-7-6-12-4-2-3-5-14(12)16(15)20/h2-7,11,13,20H,8-10H2,1H3,(H,19,21)/t11-,13+/m1/s1. The lowest BCUT2D eigenvalue weighted by atomic mass is 10.1. The molecule has 3 rings (SSSR count). The first-order valence-electron chi connectivity index (χ1n) is 8.19. The van der Waals surface area contributed by atoms with Crippen molar-refractivity contribution < 1.29 is 27.9 Å². The van der Waals surface area contributed by atoms with Gasteiger partial charge >= 0.3 is 5.97 Å². The third kappa shape index (κ3) is 3.80. The van der Waals surface area contributed by atoms with Gasteiger partial charge in [0.1, 0.15) is 11.3 Å². The number of fused-ring (bicyclic) bond motifs is 1. The van der Waals surface area contributed by atoms with E-state index in [1.54, 1.807) is 24.3 Å². The number of sulfone groups is 1. The van der Waals surface area contributed by atoms with Crippen molar-refractivity contribution in [2.75, 3.05) is 11.5 Å². The predicted octanol–water partition coefficient (Wildman–Crippen LogP) is 1.39. The van der Waals surface area contributed by atoms with E-state index in [1.807, 2.05) is 6.07 Å². The zero-order valence-electron chi connectivity index (χ0n) is 14.1. The number of phenolic OH excluding ortho intramolecular Hbond substituents is 1. The lowest BCUT2D eigenvalue weighted by Gasteiger charge is -2.17. The molecule has 0 aliphatic carbocycles. The summed E-state index contributed by atoms with van der Waals surface area (Å²) in [4.78, 5) is 24.4. The second-order valence-corrected chi connectivity index (χ2v) is 8.57. The highest BCUT2D eigenvalue weighted by Gasteiger charge is 2.31. The van der Waals surface area contributed by atoms with E-state index in [0.717, 1.165) is 5.39 Å². The molecule has 1 saturated heterocycles. The molecule has 2 aromatic carbocycles. The van der Waals surface area contributed by atoms with Gasteiger partial charge in [-0.25, -0.2) is 13.2 Å². The van der Waals surface area contributed by atoms with Crippen molar-refractivity contribution in [3.8, 4) is 5.75 Å². The zero-order valence-corrected chi connectivity index (χ0v) is 15.0. The minimum Gasteiger partial charge on any atom is -0.506 e. The Bertz CT molecular complexity index is 969. The SMILES string of the molecule is C[C@@H](OC(=O)c1ccc2ccccc2c1O)C(=O)N[C@H]1CCS(=O)(=O)C1. The van der Waals surface area contributed by atoms with Gasteiger partial charge < -0.3 is 15.2 Å². The van der Waals surface area contributed by atoms with Crippen molar-refractivity contribution in [2.24, 2.45) is 0 Å². The van der Waals surface area contributed by atoms with E-state index in [2.05, 4.69) is 5.32 Å². The number of aromatic hydroxyl groups is 1. The predicted molar refractivity (Wildman–Crippen MR) is 95.7 cm³/mol. The van der Waals surface area contributed by atoms with Crippen molar-refractivity contribution in [1.29, 1.82) is 0 Å². The number of benzene rings is 2. The van der Waals surface area contributed by atoms with Crippen LogP contribution in [0.4, 0.5) is 0 Å². The molecule has 0 aromatic heterocycles. The smallest absolute Gasteiger partial charge is 0.342 e. The molecule has 2 N–H and O–H groups in total. The molecule has 138 valence electrons. The summed E-state index contributed by atoms with van der Waals surface area (Å²) in [6.07, 6.45) is -0.767. The molecule has 8 heteroatoms. The third-order valence-corrected chi connectivity index (χ3v) is 6.12. The average molecular weight is 377 g/mol. The van der Waals surface area contributed by atoms with Crippen LogP contribution < -0.4 is 5.32 Å². The summed E-state index contributed by atoms with van der Waals surface area (Å²) in [5.41, 5.74) is -0.0354. The van der Waals surface area contributed by atoms with Crippen LogP contribution in [0.3, 0.4) is 0 Å². The van der Waals surface area contributed by atoms with Gasteiger partial charge in [-0.3, -0.25) is 4.79 Å². The maximum absolute atomic E-state index is 12.3. The van der Waals surface area contributed by atoms with E-state index in [1.165, 1.54) is 13.0 Å². The van der Waals surface area contributed by atoms with Crippen molar-refractivity contribution in [1.82, 2.24) is 5.32 Å². The van der Waals surface area contributed by atoms with Crippen LogP contribution in [-0.4, -0.2) is 49.1 Å². The maximum Gasteiger partial charge on any atom is 0.342 e. The molecule has 1 fully saturated rings. The van der Waals surface area contributed by atoms with Crippen molar-refractivity contribution >= 4 is 32.5 Å². The molecule has 0 bridgehead atoms. The fourth-order valence-corrected chi connectivity index (χ4v) is 4.60. The summed E-state index contributed by atoms with van der Waals surface area (Å²) in [5.74, 6) is -1.67. The average Bonchev–Trinajstić information content (AvgIpc) is 2.93. The quantitative estimate of drug-likeness (QED) is 0.780. The maximum atomic E-state index is 12.3. The molecule has 0 unspecified atom stereocenters. The normalized spacial score (nSPS) is 19.8. The van der Waals surface area contributed by atoms with Crippen molar-refractivity contribution in [3.63, 3.8) is 0 Å². The molecule has 1 aliphatic heterocycles. The molecular formula is C18H19NO6S. The highest BCUT2D eigenvalue weighted by molar-refractivity contribution is 7.91. The Labute approximate surface area is 150 Å². The number of hydrogen-bond donors (Lipinski definition) is 2. The molecule has 7 nitrogen and oxygen atoms in total. The summed E-state index contributed by atoms with van der Waals surface area (Å²) in [6, 6.07) is 9.68. The number of ether oxygens (including phenoxy) is 1. The Morgan fingerprint density at radius 2 is 1.96 bits per heavy atom. The van der Waals surface area contributed by atoms with Crippen LogP contribution in [-0.2, 0) is 19.4 Å². The van der Waals surface area contributed by atoms with Gasteiger partial charge in [-0.05, 0) is 24.8 Å². The van der Waals surface area contributed by atoms with Gasteiger partial charge in [-0.1, -0.05) is 30.3 Å². The van der Waals surface area contributed by atoms with Gasteiger partial charge in [0.05, 0.1) is 11.5 Å². The zero-order chi connectivity index (χ0) is 18.9. The number of hydrogen-bond acceptors (Lipinski definition) is 6. The largest absolute Gasteiger partial charge is 0.506 e. The van der Waals surface area contributed by atoms with E-state index in [4.69, 9.17) is 4.74 Å². The van der Waals surface area contributed by atoms with E-state index < -0.39 is 33.9 Å². The third-order valence-electron chi connectivity index (χ3n) is 4.35. The Morgan fingerprint density at radius 3 is 2.65 bits per heavy atom. The number of esters is 1. The number of carbonyl (C=O) groups is 2. The molecular weight excluding hydrogens is 358 g/mol. The summed E-state index contributed by atoms with van der Waals surface area (Å²) >= 11 is 0. The molecule has 0 saturated carbocycles. The molecule has 2 atom stereocenters. The number of carbonyl (C=O) groups excluding carboxylic acids is 2. The number of amides is 1. The van der Waals surface area contributed by atoms with E-state index in [-0.39, 0.29) is 22.8 Å². The molecule has 1 amide bonds. The monoisotopic (exact) mass is 377 g/mol. The van der Waals surface area contributed by atoms with Crippen LogP contribution in [0.25, 0.3) is 10.8 Å². The van der Waals surface area contributed by atoms with Gasteiger partial charge in [0.2, 0.25) is 0 Å². The summed E-state index contributed by atoms with van der Waals surface area (Å²) in [5, 5.41) is 14.2. The van der Waals surface area contributed by atoms with Crippen LogP contribution in [0.5, 0.6) is 5.75 Å². The second-order valence-electron chi connectivity index (χ2n) is 6.34.